The summed E-state index contributed by atoms with van der Waals surface area (Å²) >= 11 is 0. The van der Waals surface area contributed by atoms with E-state index in [2.05, 4.69) is 21.3 Å². The first kappa shape index (κ1) is 22.3. The van der Waals surface area contributed by atoms with Gasteiger partial charge in [-0.1, -0.05) is 37.6 Å². The van der Waals surface area contributed by atoms with E-state index >= 15 is 4.39 Å². The Kier molecular flexibility index (Phi) is 5.91. The van der Waals surface area contributed by atoms with Crippen molar-refractivity contribution in [2.45, 2.75) is 57.0 Å². The molecule has 1 amide bonds. The lowest BCUT2D eigenvalue weighted by atomic mass is 9.77. The first-order valence-corrected chi connectivity index (χ1v) is 12.1. The van der Waals surface area contributed by atoms with E-state index < -0.39 is 5.67 Å². The SMILES string of the molecule is CCc1nnc(-c2cc(C(=O)N3CCC(F)(c4ccccc4C#N)CC3)ccc2C2CCC2)[nH]1. The Labute approximate surface area is 198 Å². The molecular formula is C27H28FN5O. The molecule has 0 unspecified atom stereocenters. The van der Waals surface area contributed by atoms with Crippen molar-refractivity contribution in [1.29, 1.82) is 5.26 Å². The Morgan fingerprint density at radius 2 is 1.97 bits per heavy atom. The van der Waals surface area contributed by atoms with Crippen molar-refractivity contribution >= 4 is 5.91 Å². The predicted octanol–water partition coefficient (Wildman–Crippen LogP) is 5.27. The molecule has 1 N–H and O–H groups in total. The standard InChI is InChI=1S/C27H28FN5O/c1-2-24-30-25(32-31-24)22-16-19(10-11-21(22)18-7-5-8-18)26(34)33-14-12-27(28,13-15-33)23-9-4-3-6-20(23)17-29/h3-4,6,9-11,16,18H,2,5,7-8,12-15H2,1H3,(H,30,31,32). The number of rotatable bonds is 5. The topological polar surface area (TPSA) is 85.7 Å². The zero-order valence-electron chi connectivity index (χ0n) is 19.4. The third-order valence-corrected chi connectivity index (χ3v) is 7.34. The van der Waals surface area contributed by atoms with Gasteiger partial charge in [-0.25, -0.2) is 4.39 Å². The van der Waals surface area contributed by atoms with Crippen molar-refractivity contribution in [3.63, 3.8) is 0 Å². The third-order valence-electron chi connectivity index (χ3n) is 7.34. The van der Waals surface area contributed by atoms with Crippen LogP contribution in [0.3, 0.4) is 0 Å². The maximum absolute atomic E-state index is 15.8. The number of aromatic nitrogens is 3. The molecule has 1 saturated heterocycles. The number of alkyl halides is 1. The van der Waals surface area contributed by atoms with Crippen LogP contribution >= 0.6 is 0 Å². The van der Waals surface area contributed by atoms with Crippen LogP contribution in [0, 0.1) is 11.3 Å². The predicted molar refractivity (Wildman–Crippen MR) is 127 cm³/mol. The minimum absolute atomic E-state index is 0.104. The number of carbonyl (C=O) groups excluding carboxylic acids is 1. The number of carbonyl (C=O) groups is 1. The van der Waals surface area contributed by atoms with Crippen LogP contribution in [0.4, 0.5) is 4.39 Å². The Morgan fingerprint density at radius 3 is 2.62 bits per heavy atom. The van der Waals surface area contributed by atoms with Crippen LogP contribution in [-0.2, 0) is 12.1 Å². The second kappa shape index (κ2) is 9.02. The summed E-state index contributed by atoms with van der Waals surface area (Å²) in [7, 11) is 0. The number of piperidine rings is 1. The molecule has 0 spiro atoms. The van der Waals surface area contributed by atoms with Crippen molar-refractivity contribution in [3.8, 4) is 17.5 Å². The van der Waals surface area contributed by atoms with Gasteiger partial charge < -0.3 is 9.88 Å². The molecule has 6 nitrogen and oxygen atoms in total. The van der Waals surface area contributed by atoms with Crippen LogP contribution in [-0.4, -0.2) is 39.1 Å². The summed E-state index contributed by atoms with van der Waals surface area (Å²) in [5.41, 5.74) is 1.90. The van der Waals surface area contributed by atoms with Gasteiger partial charge in [0, 0.05) is 49.0 Å². The quantitative estimate of drug-likeness (QED) is 0.565. The molecule has 1 aromatic heterocycles. The number of benzene rings is 2. The number of hydrogen-bond acceptors (Lipinski definition) is 4. The zero-order valence-corrected chi connectivity index (χ0v) is 19.4. The summed E-state index contributed by atoms with van der Waals surface area (Å²) in [6.07, 6.45) is 4.61. The number of aromatic amines is 1. The van der Waals surface area contributed by atoms with E-state index in [0.717, 1.165) is 30.7 Å². The van der Waals surface area contributed by atoms with Gasteiger partial charge >= 0.3 is 0 Å². The fourth-order valence-corrected chi connectivity index (χ4v) is 5.03. The molecular weight excluding hydrogens is 429 g/mol. The second-order valence-corrected chi connectivity index (χ2v) is 9.32. The maximum atomic E-state index is 15.8. The fourth-order valence-electron chi connectivity index (χ4n) is 5.03. The highest BCUT2D eigenvalue weighted by atomic mass is 19.1. The minimum atomic E-state index is -1.60. The Morgan fingerprint density at radius 1 is 1.21 bits per heavy atom. The molecule has 2 aliphatic rings. The zero-order chi connectivity index (χ0) is 23.7. The Balaban J connectivity index is 1.38. The van der Waals surface area contributed by atoms with Gasteiger partial charge in [-0.3, -0.25) is 4.79 Å². The monoisotopic (exact) mass is 457 g/mol. The van der Waals surface area contributed by atoms with E-state index in [1.165, 1.54) is 12.0 Å². The lowest BCUT2D eigenvalue weighted by Crippen LogP contribution is -2.43. The highest BCUT2D eigenvalue weighted by Crippen LogP contribution is 2.42. The average molecular weight is 458 g/mol. The fraction of sp³-hybridized carbons (Fsp3) is 0.407. The van der Waals surface area contributed by atoms with Gasteiger partial charge in [0.05, 0.1) is 11.6 Å². The largest absolute Gasteiger partial charge is 0.338 e. The van der Waals surface area contributed by atoms with Gasteiger partial charge in [0.15, 0.2) is 5.82 Å². The molecule has 1 saturated carbocycles. The van der Waals surface area contributed by atoms with Gasteiger partial charge in [0.1, 0.15) is 11.5 Å². The molecule has 1 aliphatic carbocycles. The lowest BCUT2D eigenvalue weighted by molar-refractivity contribution is 0.0420. The third kappa shape index (κ3) is 3.98. The average Bonchev–Trinajstić information content (AvgIpc) is 3.32. The molecule has 0 radical (unpaired) electrons. The number of nitrogens with zero attached hydrogens (tertiary/aromatic N) is 4. The molecule has 34 heavy (non-hydrogen) atoms. The van der Waals surface area contributed by atoms with Crippen LogP contribution in [0.5, 0.6) is 0 Å². The number of hydrogen-bond donors (Lipinski definition) is 1. The molecule has 0 bridgehead atoms. The van der Waals surface area contributed by atoms with Gasteiger partial charge in [-0.15, -0.1) is 10.2 Å². The Hall–Kier alpha value is -3.53. The number of nitriles is 1. The van der Waals surface area contributed by atoms with Crippen LogP contribution in [0.1, 0.15) is 77.8 Å². The van der Waals surface area contributed by atoms with Crippen molar-refractivity contribution in [1.82, 2.24) is 20.1 Å². The highest BCUT2D eigenvalue weighted by molar-refractivity contribution is 5.95. The summed E-state index contributed by atoms with van der Waals surface area (Å²) in [4.78, 5) is 18.4. The number of halogens is 1. The molecule has 2 heterocycles. The van der Waals surface area contributed by atoms with E-state index in [0.29, 0.717) is 41.5 Å². The van der Waals surface area contributed by atoms with Crippen LogP contribution in [0.2, 0.25) is 0 Å². The van der Waals surface area contributed by atoms with Crippen LogP contribution in [0.25, 0.3) is 11.4 Å². The molecule has 3 aromatic rings. The summed E-state index contributed by atoms with van der Waals surface area (Å²) in [5, 5.41) is 17.9. The van der Waals surface area contributed by atoms with E-state index in [9.17, 15) is 10.1 Å². The lowest BCUT2D eigenvalue weighted by Gasteiger charge is -2.37. The molecule has 2 fully saturated rings. The van der Waals surface area contributed by atoms with Crippen molar-refractivity contribution in [2.24, 2.45) is 0 Å². The molecule has 0 atom stereocenters. The molecule has 2 aromatic carbocycles. The Bertz CT molecular complexity index is 1250. The van der Waals surface area contributed by atoms with E-state index in [1.807, 2.05) is 25.1 Å². The normalized spacial score (nSPS) is 17.7. The molecule has 1 aliphatic heterocycles. The summed E-state index contributed by atoms with van der Waals surface area (Å²) in [6.45, 7) is 2.63. The molecule has 7 heteroatoms. The minimum Gasteiger partial charge on any atom is -0.338 e. The number of aryl methyl sites for hydroxylation is 1. The smallest absolute Gasteiger partial charge is 0.253 e. The summed E-state index contributed by atoms with van der Waals surface area (Å²) in [5.74, 6) is 1.89. The van der Waals surface area contributed by atoms with Crippen molar-refractivity contribution in [3.05, 3.63) is 70.5 Å². The first-order valence-electron chi connectivity index (χ1n) is 12.1. The van der Waals surface area contributed by atoms with Gasteiger partial charge in [-0.05, 0) is 42.5 Å². The van der Waals surface area contributed by atoms with Gasteiger partial charge in [-0.2, -0.15) is 5.26 Å². The summed E-state index contributed by atoms with van der Waals surface area (Å²) < 4.78 is 15.8. The van der Waals surface area contributed by atoms with E-state index in [-0.39, 0.29) is 18.7 Å². The first-order chi connectivity index (χ1) is 16.5. The summed E-state index contributed by atoms with van der Waals surface area (Å²) in [6, 6.07) is 14.8. The molecule has 5 rings (SSSR count). The van der Waals surface area contributed by atoms with Crippen molar-refractivity contribution < 1.29 is 9.18 Å². The maximum Gasteiger partial charge on any atom is 0.253 e. The van der Waals surface area contributed by atoms with Gasteiger partial charge in [0.2, 0.25) is 0 Å². The van der Waals surface area contributed by atoms with E-state index in [4.69, 9.17) is 0 Å². The van der Waals surface area contributed by atoms with Gasteiger partial charge in [0.25, 0.3) is 5.91 Å². The van der Waals surface area contributed by atoms with E-state index in [1.54, 1.807) is 29.2 Å². The second-order valence-electron chi connectivity index (χ2n) is 9.32. The van der Waals surface area contributed by atoms with Crippen molar-refractivity contribution in [2.75, 3.05) is 13.1 Å². The van der Waals surface area contributed by atoms with Crippen LogP contribution in [0.15, 0.2) is 42.5 Å². The number of nitrogens with one attached hydrogen (secondary N) is 1. The molecule has 174 valence electrons. The number of likely N-dealkylation sites (tertiary alicyclic amines) is 1. The highest BCUT2D eigenvalue weighted by Gasteiger charge is 2.39. The van der Waals surface area contributed by atoms with Crippen LogP contribution < -0.4 is 0 Å². The number of H-pyrrole nitrogens is 1. The number of amides is 1.